The van der Waals surface area contributed by atoms with E-state index in [4.69, 9.17) is 4.74 Å². The summed E-state index contributed by atoms with van der Waals surface area (Å²) >= 11 is 3.56. The number of ether oxygens (including phenoxy) is 1. The van der Waals surface area contributed by atoms with Gasteiger partial charge in [-0.15, -0.1) is 0 Å². The first kappa shape index (κ1) is 23.8. The second-order valence-corrected chi connectivity index (χ2v) is 10.3. The van der Waals surface area contributed by atoms with Crippen molar-refractivity contribution in [2.75, 3.05) is 32.8 Å². The van der Waals surface area contributed by atoms with E-state index in [9.17, 15) is 9.59 Å². The summed E-state index contributed by atoms with van der Waals surface area (Å²) in [5.41, 5.74) is 0.621. The Morgan fingerprint density at radius 2 is 1.55 bits per heavy atom. The summed E-state index contributed by atoms with van der Waals surface area (Å²) in [6.45, 7) is 3.42. The summed E-state index contributed by atoms with van der Waals surface area (Å²) in [6, 6.07) is 17.6. The van der Waals surface area contributed by atoms with E-state index >= 15 is 0 Å². The van der Waals surface area contributed by atoms with E-state index in [1.54, 1.807) is 0 Å². The van der Waals surface area contributed by atoms with Gasteiger partial charge in [0.15, 0.2) is 0 Å². The molecule has 5 nitrogen and oxygen atoms in total. The molecule has 2 aliphatic heterocycles. The molecule has 0 aliphatic carbocycles. The lowest BCUT2D eigenvalue weighted by atomic mass is 9.77. The van der Waals surface area contributed by atoms with E-state index < -0.39 is 0 Å². The average Bonchev–Trinajstić information content (AvgIpc) is 2.85. The lowest BCUT2D eigenvalue weighted by Crippen LogP contribution is -2.51. The second-order valence-electron chi connectivity index (χ2n) is 9.41. The molecule has 2 aliphatic rings. The number of carbonyl (C=O) groups excluding carboxylic acids is 2. The predicted octanol–water partition coefficient (Wildman–Crippen LogP) is 5.08. The minimum Gasteiger partial charge on any atom is -0.493 e. The average molecular weight is 513 g/mol. The Bertz CT molecular complexity index is 945. The first-order valence-electron chi connectivity index (χ1n) is 12.0. The Hall–Kier alpha value is -2.34. The van der Waals surface area contributed by atoms with Crippen molar-refractivity contribution in [2.24, 2.45) is 5.41 Å². The lowest BCUT2D eigenvalue weighted by molar-refractivity contribution is -0.141. The molecule has 176 valence electrons. The Morgan fingerprint density at radius 1 is 0.848 bits per heavy atom. The highest BCUT2D eigenvalue weighted by molar-refractivity contribution is 9.10. The topological polar surface area (TPSA) is 49.9 Å². The SMILES string of the molecule is O=C(C[C@@]1(COc2ccccc2)CCCN(C(=O)Cc2ccccc2Br)C1)N1CCCCC1. The molecule has 2 amide bonds. The van der Waals surface area contributed by atoms with E-state index in [0.29, 0.717) is 26.0 Å². The number of benzene rings is 2. The third-order valence-corrected chi connectivity index (χ3v) is 7.61. The van der Waals surface area contributed by atoms with Crippen LogP contribution in [0.4, 0.5) is 0 Å². The van der Waals surface area contributed by atoms with Crippen molar-refractivity contribution >= 4 is 27.7 Å². The molecular weight excluding hydrogens is 480 g/mol. The molecular formula is C27H33BrN2O3. The van der Waals surface area contributed by atoms with E-state index in [1.165, 1.54) is 6.42 Å². The van der Waals surface area contributed by atoms with Gasteiger partial charge in [-0.1, -0.05) is 52.3 Å². The number of para-hydroxylation sites is 1. The molecule has 2 fully saturated rings. The quantitative estimate of drug-likeness (QED) is 0.519. The Labute approximate surface area is 205 Å². The van der Waals surface area contributed by atoms with Gasteiger partial charge < -0.3 is 14.5 Å². The van der Waals surface area contributed by atoms with Gasteiger partial charge in [-0.2, -0.15) is 0 Å². The molecule has 2 aromatic rings. The van der Waals surface area contributed by atoms with Crippen LogP contribution in [0.5, 0.6) is 5.75 Å². The first-order chi connectivity index (χ1) is 16.0. The number of likely N-dealkylation sites (tertiary alicyclic amines) is 2. The van der Waals surface area contributed by atoms with Crippen molar-refractivity contribution in [3.05, 3.63) is 64.6 Å². The molecule has 0 bridgehead atoms. The summed E-state index contributed by atoms with van der Waals surface area (Å²) in [7, 11) is 0. The van der Waals surface area contributed by atoms with Crippen molar-refractivity contribution in [3.63, 3.8) is 0 Å². The molecule has 33 heavy (non-hydrogen) atoms. The van der Waals surface area contributed by atoms with Crippen LogP contribution in [0.25, 0.3) is 0 Å². The number of hydrogen-bond donors (Lipinski definition) is 0. The number of rotatable bonds is 7. The third kappa shape index (κ3) is 6.38. The first-order valence-corrected chi connectivity index (χ1v) is 12.8. The highest BCUT2D eigenvalue weighted by Crippen LogP contribution is 2.36. The van der Waals surface area contributed by atoms with E-state index in [-0.39, 0.29) is 17.2 Å². The highest BCUT2D eigenvalue weighted by Gasteiger charge is 2.41. The Kier molecular flexibility index (Phi) is 8.07. The second kappa shape index (κ2) is 11.2. The van der Waals surface area contributed by atoms with E-state index in [0.717, 1.165) is 61.1 Å². The number of amides is 2. The van der Waals surface area contributed by atoms with Crippen LogP contribution in [0, 0.1) is 5.41 Å². The van der Waals surface area contributed by atoms with Gasteiger partial charge in [0.1, 0.15) is 5.75 Å². The van der Waals surface area contributed by atoms with Crippen LogP contribution in [-0.2, 0) is 16.0 Å². The molecule has 0 spiro atoms. The van der Waals surface area contributed by atoms with Crippen LogP contribution in [0.3, 0.4) is 0 Å². The van der Waals surface area contributed by atoms with Crippen molar-refractivity contribution < 1.29 is 14.3 Å². The zero-order chi connectivity index (χ0) is 23.1. The fourth-order valence-electron chi connectivity index (χ4n) is 4.98. The summed E-state index contributed by atoms with van der Waals surface area (Å²) in [5.74, 6) is 1.11. The maximum atomic E-state index is 13.3. The van der Waals surface area contributed by atoms with Gasteiger partial charge in [-0.05, 0) is 55.9 Å². The van der Waals surface area contributed by atoms with Crippen LogP contribution in [0.15, 0.2) is 59.1 Å². The van der Waals surface area contributed by atoms with E-state index in [2.05, 4.69) is 15.9 Å². The summed E-state index contributed by atoms with van der Waals surface area (Å²) in [5, 5.41) is 0. The van der Waals surface area contributed by atoms with Crippen molar-refractivity contribution in [1.82, 2.24) is 9.80 Å². The van der Waals surface area contributed by atoms with Crippen molar-refractivity contribution in [1.29, 1.82) is 0 Å². The van der Waals surface area contributed by atoms with Gasteiger partial charge >= 0.3 is 0 Å². The number of halogens is 1. The van der Waals surface area contributed by atoms with Gasteiger partial charge in [0.05, 0.1) is 13.0 Å². The molecule has 0 unspecified atom stereocenters. The number of carbonyl (C=O) groups is 2. The zero-order valence-electron chi connectivity index (χ0n) is 19.2. The molecule has 1 atom stereocenters. The Balaban J connectivity index is 1.49. The van der Waals surface area contributed by atoms with Gasteiger partial charge in [-0.3, -0.25) is 9.59 Å². The van der Waals surface area contributed by atoms with Crippen LogP contribution in [0.2, 0.25) is 0 Å². The predicted molar refractivity (Wildman–Crippen MR) is 133 cm³/mol. The number of hydrogen-bond acceptors (Lipinski definition) is 3. The molecule has 0 aromatic heterocycles. The highest BCUT2D eigenvalue weighted by atomic mass is 79.9. The largest absolute Gasteiger partial charge is 0.493 e. The molecule has 2 saturated heterocycles. The maximum absolute atomic E-state index is 13.3. The molecule has 2 aromatic carbocycles. The standard InChI is InChI=1S/C27H33BrN2O3/c28-24-13-6-5-10-22(24)18-25(31)30-17-9-14-27(20-30,21-33-23-11-3-1-4-12-23)19-26(32)29-15-7-2-8-16-29/h1,3-6,10-13H,2,7-9,14-21H2/t27-/m0/s1. The maximum Gasteiger partial charge on any atom is 0.227 e. The van der Waals surface area contributed by atoms with Gasteiger partial charge in [-0.25, -0.2) is 0 Å². The van der Waals surface area contributed by atoms with Crippen molar-refractivity contribution in [3.8, 4) is 5.75 Å². The minimum atomic E-state index is -0.369. The number of nitrogens with zero attached hydrogens (tertiary/aromatic N) is 2. The lowest BCUT2D eigenvalue weighted by Gasteiger charge is -2.43. The molecule has 0 saturated carbocycles. The summed E-state index contributed by atoms with van der Waals surface area (Å²) in [4.78, 5) is 30.4. The van der Waals surface area contributed by atoms with Crippen LogP contribution < -0.4 is 4.74 Å². The Morgan fingerprint density at radius 3 is 2.30 bits per heavy atom. The fourth-order valence-corrected chi connectivity index (χ4v) is 5.40. The van der Waals surface area contributed by atoms with Gasteiger partial charge in [0.25, 0.3) is 0 Å². The molecule has 2 heterocycles. The molecule has 4 rings (SSSR count). The summed E-state index contributed by atoms with van der Waals surface area (Å²) < 4.78 is 7.14. The summed E-state index contributed by atoms with van der Waals surface area (Å²) in [6.07, 6.45) is 5.91. The molecule has 0 radical (unpaired) electrons. The smallest absolute Gasteiger partial charge is 0.227 e. The number of piperidine rings is 2. The zero-order valence-corrected chi connectivity index (χ0v) is 20.8. The van der Waals surface area contributed by atoms with Gasteiger partial charge in [0, 0.05) is 42.5 Å². The molecule has 6 heteroatoms. The van der Waals surface area contributed by atoms with Crippen LogP contribution in [-0.4, -0.2) is 54.4 Å². The van der Waals surface area contributed by atoms with E-state index in [1.807, 2.05) is 64.4 Å². The van der Waals surface area contributed by atoms with Crippen LogP contribution in [0.1, 0.15) is 44.1 Å². The fraction of sp³-hybridized carbons (Fsp3) is 0.481. The normalized spacial score (nSPS) is 21.0. The van der Waals surface area contributed by atoms with Gasteiger partial charge in [0.2, 0.25) is 11.8 Å². The monoisotopic (exact) mass is 512 g/mol. The third-order valence-electron chi connectivity index (χ3n) is 6.84. The van der Waals surface area contributed by atoms with Crippen LogP contribution >= 0.6 is 15.9 Å². The molecule has 0 N–H and O–H groups in total. The van der Waals surface area contributed by atoms with Crippen molar-refractivity contribution in [2.45, 2.75) is 44.9 Å². The minimum absolute atomic E-state index is 0.108.